The van der Waals surface area contributed by atoms with Crippen LogP contribution in [0.3, 0.4) is 0 Å². The monoisotopic (exact) mass is 433 g/mol. The van der Waals surface area contributed by atoms with Crippen LogP contribution in [0.1, 0.15) is 33.6 Å². The Balaban J connectivity index is 3.29. The molecule has 0 saturated heterocycles. The molecule has 0 aliphatic rings. The third-order valence-electron chi connectivity index (χ3n) is 3.55. The molecule has 0 bridgehead atoms. The topological polar surface area (TPSA) is 124 Å². The summed E-state index contributed by atoms with van der Waals surface area (Å²) in [4.78, 5) is 33.8. The van der Waals surface area contributed by atoms with Gasteiger partial charge in [-0.15, -0.1) is 0 Å². The maximum absolute atomic E-state index is 11.6. The first-order chi connectivity index (χ1) is 14.4. The fourth-order valence-corrected chi connectivity index (χ4v) is 2.12. The normalized spacial score (nSPS) is 10.9. The molecule has 0 aliphatic heterocycles. The van der Waals surface area contributed by atoms with E-state index in [9.17, 15) is 14.4 Å². The Hall–Kier alpha value is -1.59. The highest BCUT2D eigenvalue weighted by Crippen LogP contribution is 1.88. The van der Waals surface area contributed by atoms with Gasteiger partial charge in [0.05, 0.1) is 39.6 Å². The molecule has 10 nitrogen and oxygen atoms in total. The van der Waals surface area contributed by atoms with Crippen molar-refractivity contribution >= 4 is 17.6 Å². The number of rotatable bonds is 21. The molecule has 0 atom stereocenters. The molecule has 10 heteroatoms. The minimum atomic E-state index is -0.231. The quantitative estimate of drug-likeness (QED) is 0.210. The summed E-state index contributed by atoms with van der Waals surface area (Å²) >= 11 is 0. The lowest BCUT2D eigenvalue weighted by Crippen LogP contribution is -2.31. The number of nitrogens with one attached hydrogen (secondary N) is 3. The minimum absolute atomic E-state index is 0.0182. The van der Waals surface area contributed by atoms with E-state index in [0.717, 1.165) is 13.0 Å². The maximum atomic E-state index is 11.6. The lowest BCUT2D eigenvalue weighted by molar-refractivity contribution is -0.127. The predicted molar refractivity (Wildman–Crippen MR) is 112 cm³/mol. The second-order valence-electron chi connectivity index (χ2n) is 6.94. The summed E-state index contributed by atoms with van der Waals surface area (Å²) in [5.41, 5.74) is 0. The molecular weight excluding hydrogens is 394 g/mol. The number of carbonyl (C=O) groups is 3. The first-order valence-corrected chi connectivity index (χ1v) is 10.5. The molecule has 0 aliphatic carbocycles. The van der Waals surface area contributed by atoms with Crippen molar-refractivity contribution in [3.05, 3.63) is 0 Å². The Morgan fingerprint density at radius 3 is 1.80 bits per heavy atom. The van der Waals surface area contributed by atoms with Crippen LogP contribution in [0.15, 0.2) is 0 Å². The van der Waals surface area contributed by atoms with E-state index in [0.29, 0.717) is 65.2 Å². The standard InChI is InChI=1S/C20H39N3O7/c1-17(2)21-6-4-5-19(25)22-7-9-27-12-14-30-16-20(26)23-8-10-28-11-13-29-15-18(3)24/h17,21H,4-16H2,1-3H3,(H,22,25)(H,23,26). The van der Waals surface area contributed by atoms with Crippen LogP contribution in [0.25, 0.3) is 0 Å². The Morgan fingerprint density at radius 2 is 1.23 bits per heavy atom. The number of ketones is 1. The number of Topliss-reactive ketones (excluding diaryl/α,β-unsaturated/α-hetero) is 1. The lowest BCUT2D eigenvalue weighted by Gasteiger charge is -2.09. The van der Waals surface area contributed by atoms with Gasteiger partial charge in [-0.2, -0.15) is 0 Å². The molecule has 176 valence electrons. The number of ether oxygens (including phenoxy) is 4. The van der Waals surface area contributed by atoms with E-state index < -0.39 is 0 Å². The van der Waals surface area contributed by atoms with E-state index in [1.807, 2.05) is 0 Å². The second kappa shape index (κ2) is 20.7. The van der Waals surface area contributed by atoms with Gasteiger partial charge in [0.25, 0.3) is 0 Å². The van der Waals surface area contributed by atoms with Crippen molar-refractivity contribution in [1.29, 1.82) is 0 Å². The highest BCUT2D eigenvalue weighted by molar-refractivity contribution is 5.77. The summed E-state index contributed by atoms with van der Waals surface area (Å²) in [7, 11) is 0. The van der Waals surface area contributed by atoms with Gasteiger partial charge in [0.15, 0.2) is 5.78 Å². The summed E-state index contributed by atoms with van der Waals surface area (Å²) in [6.07, 6.45) is 1.30. The van der Waals surface area contributed by atoms with E-state index in [2.05, 4.69) is 29.8 Å². The van der Waals surface area contributed by atoms with E-state index in [1.165, 1.54) is 6.92 Å². The zero-order valence-corrected chi connectivity index (χ0v) is 18.6. The van der Waals surface area contributed by atoms with E-state index in [4.69, 9.17) is 18.9 Å². The van der Waals surface area contributed by atoms with Crippen LogP contribution in [0.2, 0.25) is 0 Å². The summed E-state index contributed by atoms with van der Waals surface area (Å²) in [6, 6.07) is 0.430. The molecule has 0 aromatic carbocycles. The molecule has 3 N–H and O–H groups in total. The van der Waals surface area contributed by atoms with Crippen molar-refractivity contribution in [2.24, 2.45) is 0 Å². The maximum Gasteiger partial charge on any atom is 0.246 e. The van der Waals surface area contributed by atoms with Crippen LogP contribution in [0.5, 0.6) is 0 Å². The van der Waals surface area contributed by atoms with E-state index >= 15 is 0 Å². The van der Waals surface area contributed by atoms with Crippen molar-refractivity contribution in [2.45, 2.75) is 39.7 Å². The molecule has 0 saturated carbocycles. The van der Waals surface area contributed by atoms with E-state index in [-0.39, 0.29) is 30.8 Å². The van der Waals surface area contributed by atoms with Gasteiger partial charge in [0.2, 0.25) is 11.8 Å². The molecule has 0 spiro atoms. The highest BCUT2D eigenvalue weighted by atomic mass is 16.5. The van der Waals surface area contributed by atoms with Gasteiger partial charge < -0.3 is 34.9 Å². The number of carbonyl (C=O) groups excluding carboxylic acids is 3. The summed E-state index contributed by atoms with van der Waals surface area (Å²) in [6.45, 7) is 9.42. The third kappa shape index (κ3) is 22.7. The van der Waals surface area contributed by atoms with Crippen LogP contribution >= 0.6 is 0 Å². The van der Waals surface area contributed by atoms with Crippen molar-refractivity contribution in [2.75, 3.05) is 72.5 Å². The Labute approximate surface area is 179 Å². The van der Waals surface area contributed by atoms with Crippen LogP contribution in [-0.4, -0.2) is 96.1 Å². The molecule has 0 aromatic heterocycles. The second-order valence-corrected chi connectivity index (χ2v) is 6.94. The Bertz CT molecular complexity index is 462. The number of amides is 2. The van der Waals surface area contributed by atoms with Gasteiger partial charge in [-0.25, -0.2) is 0 Å². The summed E-state index contributed by atoms with van der Waals surface area (Å²) in [5.74, 6) is -0.240. The molecule has 0 unspecified atom stereocenters. The predicted octanol–water partition coefficient (Wildman–Crippen LogP) is -0.348. The largest absolute Gasteiger partial charge is 0.377 e. The van der Waals surface area contributed by atoms with Gasteiger partial charge in [0, 0.05) is 25.6 Å². The summed E-state index contributed by atoms with van der Waals surface area (Å²) in [5, 5.41) is 8.73. The van der Waals surface area contributed by atoms with Crippen molar-refractivity contribution in [3.63, 3.8) is 0 Å². The fraction of sp³-hybridized carbons (Fsp3) is 0.850. The van der Waals surface area contributed by atoms with Gasteiger partial charge in [-0.3, -0.25) is 14.4 Å². The number of hydrogen-bond acceptors (Lipinski definition) is 8. The minimum Gasteiger partial charge on any atom is -0.377 e. The first kappa shape index (κ1) is 28.4. The molecule has 30 heavy (non-hydrogen) atoms. The highest BCUT2D eigenvalue weighted by Gasteiger charge is 2.02. The molecule has 0 rings (SSSR count). The van der Waals surface area contributed by atoms with Gasteiger partial charge in [-0.1, -0.05) is 13.8 Å². The van der Waals surface area contributed by atoms with Crippen molar-refractivity contribution < 1.29 is 33.3 Å². The van der Waals surface area contributed by atoms with Gasteiger partial charge in [-0.05, 0) is 19.9 Å². The molecule has 0 radical (unpaired) electrons. The van der Waals surface area contributed by atoms with E-state index in [1.54, 1.807) is 0 Å². The van der Waals surface area contributed by atoms with Gasteiger partial charge >= 0.3 is 0 Å². The molecule has 0 aromatic rings. The Morgan fingerprint density at radius 1 is 0.700 bits per heavy atom. The Kier molecular flexibility index (Phi) is 19.6. The zero-order chi connectivity index (χ0) is 22.5. The fourth-order valence-electron chi connectivity index (χ4n) is 2.12. The molecule has 0 heterocycles. The smallest absolute Gasteiger partial charge is 0.246 e. The van der Waals surface area contributed by atoms with Crippen molar-refractivity contribution in [3.8, 4) is 0 Å². The average molecular weight is 434 g/mol. The number of hydrogen-bond donors (Lipinski definition) is 3. The average Bonchev–Trinajstić information content (AvgIpc) is 2.69. The lowest BCUT2D eigenvalue weighted by atomic mass is 10.2. The molecule has 2 amide bonds. The van der Waals surface area contributed by atoms with Crippen molar-refractivity contribution in [1.82, 2.24) is 16.0 Å². The SMILES string of the molecule is CC(=O)COCCOCCNC(=O)COCCOCCNC(=O)CCCNC(C)C. The van der Waals surface area contributed by atoms with Crippen LogP contribution < -0.4 is 16.0 Å². The summed E-state index contributed by atoms with van der Waals surface area (Å²) < 4.78 is 20.9. The third-order valence-corrected chi connectivity index (χ3v) is 3.55. The molecular formula is C20H39N3O7. The molecule has 0 fully saturated rings. The first-order valence-electron chi connectivity index (χ1n) is 10.5. The van der Waals surface area contributed by atoms with Crippen LogP contribution in [0.4, 0.5) is 0 Å². The van der Waals surface area contributed by atoms with Gasteiger partial charge in [0.1, 0.15) is 13.2 Å². The van der Waals surface area contributed by atoms with Crippen LogP contribution in [0, 0.1) is 0 Å². The van der Waals surface area contributed by atoms with Crippen LogP contribution in [-0.2, 0) is 33.3 Å². The zero-order valence-electron chi connectivity index (χ0n) is 18.6.